The van der Waals surface area contributed by atoms with Crippen LogP contribution in [0, 0.1) is 20.8 Å². The Morgan fingerprint density at radius 3 is 2.64 bits per heavy atom. The van der Waals surface area contributed by atoms with E-state index < -0.39 is 5.91 Å². The van der Waals surface area contributed by atoms with Gasteiger partial charge in [-0.2, -0.15) is 0 Å². The molecule has 0 unspecified atom stereocenters. The second-order valence-corrected chi connectivity index (χ2v) is 6.71. The Morgan fingerprint density at radius 2 is 1.96 bits per heavy atom. The fourth-order valence-corrected chi connectivity index (χ4v) is 3.43. The third kappa shape index (κ3) is 4.03. The minimum atomic E-state index is -0.453. The third-order valence-electron chi connectivity index (χ3n) is 3.45. The molecule has 7 nitrogen and oxygen atoms in total. The number of rotatable bonds is 5. The van der Waals surface area contributed by atoms with Crippen LogP contribution < -0.4 is 5.73 Å². The van der Waals surface area contributed by atoms with E-state index in [1.807, 2.05) is 51.1 Å². The van der Waals surface area contributed by atoms with Crippen LogP contribution in [0.4, 0.5) is 0 Å². The van der Waals surface area contributed by atoms with Gasteiger partial charge in [0.25, 0.3) is 0 Å². The van der Waals surface area contributed by atoms with Crippen LogP contribution in [-0.4, -0.2) is 30.6 Å². The van der Waals surface area contributed by atoms with Gasteiger partial charge in [-0.15, -0.1) is 10.2 Å². The molecular weight excluding hydrogens is 336 g/mol. The summed E-state index contributed by atoms with van der Waals surface area (Å²) in [6.45, 7) is 5.75. The Hall–Kier alpha value is -2.74. The number of benzene rings is 1. The molecule has 2 aromatic heterocycles. The number of nitrogens with zero attached hydrogens (tertiary/aromatic N) is 5. The van der Waals surface area contributed by atoms with Gasteiger partial charge in [0.05, 0.1) is 0 Å². The molecule has 2 N–H and O–H groups in total. The summed E-state index contributed by atoms with van der Waals surface area (Å²) in [6, 6.07) is 9.74. The molecule has 0 saturated heterocycles. The van der Waals surface area contributed by atoms with Gasteiger partial charge in [-0.3, -0.25) is 9.36 Å². The van der Waals surface area contributed by atoms with Gasteiger partial charge in [0, 0.05) is 11.3 Å². The van der Waals surface area contributed by atoms with Crippen molar-refractivity contribution in [3.8, 4) is 11.4 Å². The first-order chi connectivity index (χ1) is 11.9. The van der Waals surface area contributed by atoms with Gasteiger partial charge in [-0.25, -0.2) is 9.97 Å². The van der Waals surface area contributed by atoms with Crippen molar-refractivity contribution in [3.05, 3.63) is 47.4 Å². The molecule has 0 aliphatic heterocycles. The standard InChI is InChI=1S/C17H18N6OS/c1-10-5-4-6-13(7-10)16-21-22-17(23(16)9-14(18)24)25-15-8-11(2)19-12(3)20-15/h4-8H,9H2,1-3H3,(H2,18,24). The van der Waals surface area contributed by atoms with Crippen molar-refractivity contribution in [3.63, 3.8) is 0 Å². The number of carbonyl (C=O) groups excluding carboxylic acids is 1. The molecule has 0 atom stereocenters. The molecule has 1 aromatic carbocycles. The number of hydrogen-bond acceptors (Lipinski definition) is 6. The van der Waals surface area contributed by atoms with Crippen molar-refractivity contribution in [1.29, 1.82) is 0 Å². The highest BCUT2D eigenvalue weighted by atomic mass is 32.2. The van der Waals surface area contributed by atoms with Crippen LogP contribution in [-0.2, 0) is 11.3 Å². The summed E-state index contributed by atoms with van der Waals surface area (Å²) < 4.78 is 1.72. The number of hydrogen-bond donors (Lipinski definition) is 1. The Kier molecular flexibility index (Phi) is 4.80. The van der Waals surface area contributed by atoms with Gasteiger partial charge < -0.3 is 5.73 Å². The van der Waals surface area contributed by atoms with Gasteiger partial charge in [-0.1, -0.05) is 23.8 Å². The topological polar surface area (TPSA) is 99.6 Å². The van der Waals surface area contributed by atoms with E-state index in [-0.39, 0.29) is 6.54 Å². The highest BCUT2D eigenvalue weighted by Gasteiger charge is 2.17. The fourth-order valence-electron chi connectivity index (χ4n) is 2.49. The fraction of sp³-hybridized carbons (Fsp3) is 0.235. The molecule has 0 saturated carbocycles. The summed E-state index contributed by atoms with van der Waals surface area (Å²) in [7, 11) is 0. The lowest BCUT2D eigenvalue weighted by Crippen LogP contribution is -2.20. The first-order valence-corrected chi connectivity index (χ1v) is 8.52. The number of nitrogens with two attached hydrogens (primary N) is 1. The predicted molar refractivity (Wildman–Crippen MR) is 95.0 cm³/mol. The van der Waals surface area contributed by atoms with Gasteiger partial charge in [0.2, 0.25) is 5.91 Å². The number of amides is 1. The van der Waals surface area contributed by atoms with Gasteiger partial charge in [0.15, 0.2) is 11.0 Å². The Morgan fingerprint density at radius 1 is 1.16 bits per heavy atom. The maximum Gasteiger partial charge on any atom is 0.237 e. The zero-order valence-electron chi connectivity index (χ0n) is 14.2. The molecule has 128 valence electrons. The number of aromatic nitrogens is 5. The lowest BCUT2D eigenvalue weighted by molar-refractivity contribution is -0.118. The van der Waals surface area contributed by atoms with E-state index in [1.54, 1.807) is 4.57 Å². The van der Waals surface area contributed by atoms with E-state index in [0.717, 1.165) is 21.8 Å². The molecule has 1 amide bonds. The lowest BCUT2D eigenvalue weighted by atomic mass is 10.1. The van der Waals surface area contributed by atoms with Crippen molar-refractivity contribution in [2.24, 2.45) is 5.73 Å². The van der Waals surface area contributed by atoms with Gasteiger partial charge in [-0.05, 0) is 44.7 Å². The van der Waals surface area contributed by atoms with Crippen molar-refractivity contribution in [2.75, 3.05) is 0 Å². The van der Waals surface area contributed by atoms with E-state index in [0.29, 0.717) is 16.8 Å². The van der Waals surface area contributed by atoms with E-state index in [2.05, 4.69) is 20.2 Å². The van der Waals surface area contributed by atoms with Crippen molar-refractivity contribution in [2.45, 2.75) is 37.5 Å². The highest BCUT2D eigenvalue weighted by Crippen LogP contribution is 2.29. The second-order valence-electron chi connectivity index (χ2n) is 5.72. The van der Waals surface area contributed by atoms with Crippen LogP contribution in [0.25, 0.3) is 11.4 Å². The van der Waals surface area contributed by atoms with E-state index in [1.165, 1.54) is 11.8 Å². The van der Waals surface area contributed by atoms with E-state index in [9.17, 15) is 4.79 Å². The molecule has 0 aliphatic carbocycles. The summed E-state index contributed by atoms with van der Waals surface area (Å²) in [5.74, 6) is 0.834. The molecule has 0 spiro atoms. The third-order valence-corrected chi connectivity index (χ3v) is 4.35. The van der Waals surface area contributed by atoms with E-state index >= 15 is 0 Å². The monoisotopic (exact) mass is 354 g/mol. The average molecular weight is 354 g/mol. The minimum absolute atomic E-state index is 0.00164. The zero-order chi connectivity index (χ0) is 18.0. The first kappa shape index (κ1) is 17.1. The second kappa shape index (κ2) is 7.02. The summed E-state index contributed by atoms with van der Waals surface area (Å²) in [5, 5.41) is 9.81. The molecule has 0 aliphatic rings. The Bertz CT molecular complexity index is 916. The van der Waals surface area contributed by atoms with Crippen LogP contribution in [0.15, 0.2) is 40.5 Å². The van der Waals surface area contributed by atoms with Crippen LogP contribution in [0.2, 0.25) is 0 Å². The number of primary amides is 1. The SMILES string of the molecule is Cc1cccc(-c2nnc(Sc3cc(C)nc(C)n3)n2CC(N)=O)c1. The first-order valence-electron chi connectivity index (χ1n) is 7.71. The van der Waals surface area contributed by atoms with Crippen LogP contribution in [0.5, 0.6) is 0 Å². The highest BCUT2D eigenvalue weighted by molar-refractivity contribution is 7.99. The van der Waals surface area contributed by atoms with Crippen molar-refractivity contribution in [1.82, 2.24) is 24.7 Å². The summed E-state index contributed by atoms with van der Waals surface area (Å²) in [4.78, 5) is 20.2. The predicted octanol–water partition coefficient (Wildman–Crippen LogP) is 2.30. The lowest BCUT2D eigenvalue weighted by Gasteiger charge is -2.09. The summed E-state index contributed by atoms with van der Waals surface area (Å²) in [6.07, 6.45) is 0. The molecule has 0 bridgehead atoms. The van der Waals surface area contributed by atoms with Gasteiger partial charge >= 0.3 is 0 Å². The van der Waals surface area contributed by atoms with Crippen molar-refractivity contribution < 1.29 is 4.79 Å². The summed E-state index contributed by atoms with van der Waals surface area (Å²) in [5.41, 5.74) is 8.28. The largest absolute Gasteiger partial charge is 0.368 e. The quantitative estimate of drug-likeness (QED) is 0.706. The molecule has 8 heteroatoms. The smallest absolute Gasteiger partial charge is 0.237 e. The molecule has 0 fully saturated rings. The van der Waals surface area contributed by atoms with Crippen LogP contribution in [0.1, 0.15) is 17.1 Å². The average Bonchev–Trinajstić information content (AvgIpc) is 2.88. The van der Waals surface area contributed by atoms with Crippen molar-refractivity contribution >= 4 is 17.7 Å². The normalized spacial score (nSPS) is 10.8. The molecule has 2 heterocycles. The molecule has 3 rings (SSSR count). The zero-order valence-corrected chi connectivity index (χ0v) is 15.0. The maximum atomic E-state index is 11.5. The van der Waals surface area contributed by atoms with Gasteiger partial charge in [0.1, 0.15) is 17.4 Å². The van der Waals surface area contributed by atoms with Crippen LogP contribution >= 0.6 is 11.8 Å². The maximum absolute atomic E-state index is 11.5. The Labute approximate surface area is 149 Å². The minimum Gasteiger partial charge on any atom is -0.368 e. The molecule has 0 radical (unpaired) electrons. The van der Waals surface area contributed by atoms with Crippen LogP contribution in [0.3, 0.4) is 0 Å². The molecule has 3 aromatic rings. The summed E-state index contributed by atoms with van der Waals surface area (Å²) >= 11 is 1.33. The Balaban J connectivity index is 2.03. The molecule has 25 heavy (non-hydrogen) atoms. The number of aryl methyl sites for hydroxylation is 3. The number of carbonyl (C=O) groups is 1. The molecular formula is C17H18N6OS. The van der Waals surface area contributed by atoms with E-state index in [4.69, 9.17) is 5.73 Å².